The zero-order chi connectivity index (χ0) is 20.0. The maximum absolute atomic E-state index is 12.5. The lowest BCUT2D eigenvalue weighted by atomic mass is 9.85. The molecule has 4 atom stereocenters. The van der Waals surface area contributed by atoms with Crippen LogP contribution in [-0.2, 0) is 23.9 Å². The van der Waals surface area contributed by atoms with E-state index in [2.05, 4.69) is 5.32 Å². The summed E-state index contributed by atoms with van der Waals surface area (Å²) in [5, 5.41) is 2.66. The summed E-state index contributed by atoms with van der Waals surface area (Å²) in [5.74, 6) is -2.35. The maximum atomic E-state index is 12.5. The number of fused-ring (bicyclic) bond motifs is 5. The van der Waals surface area contributed by atoms with Gasteiger partial charge in [0.15, 0.2) is 6.61 Å². The summed E-state index contributed by atoms with van der Waals surface area (Å²) >= 11 is 0. The molecule has 7 heteroatoms. The molecule has 28 heavy (non-hydrogen) atoms. The van der Waals surface area contributed by atoms with E-state index in [4.69, 9.17) is 4.74 Å². The number of benzene rings is 1. The van der Waals surface area contributed by atoms with Crippen molar-refractivity contribution >= 4 is 29.4 Å². The van der Waals surface area contributed by atoms with Crippen molar-refractivity contribution in [2.24, 2.45) is 23.7 Å². The highest BCUT2D eigenvalue weighted by molar-refractivity contribution is 6.08. The van der Waals surface area contributed by atoms with Gasteiger partial charge in [0.1, 0.15) is 6.54 Å². The summed E-state index contributed by atoms with van der Waals surface area (Å²) < 4.78 is 4.97. The normalized spacial score (nSPS) is 27.3. The predicted octanol–water partition coefficient (Wildman–Crippen LogP) is 1.59. The predicted molar refractivity (Wildman–Crippen MR) is 99.9 cm³/mol. The van der Waals surface area contributed by atoms with Crippen LogP contribution in [0.15, 0.2) is 30.4 Å². The molecule has 3 aliphatic rings. The second-order valence-electron chi connectivity index (χ2n) is 7.77. The first-order chi connectivity index (χ1) is 13.3. The molecule has 4 rings (SSSR count). The van der Waals surface area contributed by atoms with E-state index in [1.807, 2.05) is 38.1 Å². The van der Waals surface area contributed by atoms with Crippen LogP contribution in [-0.4, -0.2) is 41.7 Å². The average molecular weight is 382 g/mol. The fourth-order valence-corrected chi connectivity index (χ4v) is 4.46. The van der Waals surface area contributed by atoms with Gasteiger partial charge in [0, 0.05) is 5.69 Å². The Hall–Kier alpha value is -2.96. The van der Waals surface area contributed by atoms with Crippen molar-refractivity contribution in [2.45, 2.75) is 20.3 Å². The van der Waals surface area contributed by atoms with E-state index in [1.54, 1.807) is 6.07 Å². The van der Waals surface area contributed by atoms with Crippen molar-refractivity contribution < 1.29 is 23.9 Å². The average Bonchev–Trinajstić information content (AvgIpc) is 3.33. The van der Waals surface area contributed by atoms with Crippen LogP contribution < -0.4 is 5.32 Å². The largest absolute Gasteiger partial charge is 0.454 e. The number of allylic oxidation sites excluding steroid dienone is 2. The molecule has 146 valence electrons. The number of ether oxygens (including phenoxy) is 1. The van der Waals surface area contributed by atoms with Gasteiger partial charge in [0.2, 0.25) is 11.8 Å². The fourth-order valence-electron chi connectivity index (χ4n) is 4.46. The van der Waals surface area contributed by atoms with Gasteiger partial charge < -0.3 is 10.1 Å². The SMILES string of the molecule is Cc1ccc(NC(=O)COC(=O)CN2C(=O)[C@H]3[C@H](C2=O)[C@H]2C=C[C@H]3C2)cc1C. The van der Waals surface area contributed by atoms with Gasteiger partial charge >= 0.3 is 5.97 Å². The number of imide groups is 1. The first kappa shape index (κ1) is 18.4. The quantitative estimate of drug-likeness (QED) is 0.474. The highest BCUT2D eigenvalue weighted by atomic mass is 16.5. The third kappa shape index (κ3) is 3.10. The standard InChI is InChI=1S/C21H22N2O5/c1-11-3-6-15(7-12(11)2)22-16(24)10-28-17(25)9-23-20(26)18-13-4-5-14(8-13)19(18)21(23)27/h3-7,13-14,18-19H,8-10H2,1-2H3,(H,22,24)/t13-,14-,18+,19+/m0/s1. The number of rotatable bonds is 5. The fraction of sp³-hybridized carbons (Fsp3) is 0.429. The Kier molecular flexibility index (Phi) is 4.53. The number of likely N-dealkylation sites (tertiary alicyclic amines) is 1. The minimum Gasteiger partial charge on any atom is -0.454 e. The summed E-state index contributed by atoms with van der Waals surface area (Å²) in [6, 6.07) is 5.49. The van der Waals surface area contributed by atoms with Crippen LogP contribution >= 0.6 is 0 Å². The molecule has 0 radical (unpaired) electrons. The van der Waals surface area contributed by atoms with Gasteiger partial charge in [-0.1, -0.05) is 18.2 Å². The lowest BCUT2D eigenvalue weighted by molar-refractivity contribution is -0.154. The molecule has 1 aliphatic heterocycles. The van der Waals surface area contributed by atoms with Crippen LogP contribution in [0.25, 0.3) is 0 Å². The molecular weight excluding hydrogens is 360 g/mol. The molecular formula is C21H22N2O5. The van der Waals surface area contributed by atoms with Crippen molar-refractivity contribution in [3.8, 4) is 0 Å². The number of hydrogen-bond acceptors (Lipinski definition) is 5. The highest BCUT2D eigenvalue weighted by Crippen LogP contribution is 2.52. The van der Waals surface area contributed by atoms with Crippen LogP contribution in [0.4, 0.5) is 5.69 Å². The van der Waals surface area contributed by atoms with Crippen LogP contribution in [0.2, 0.25) is 0 Å². The molecule has 1 aromatic rings. The van der Waals surface area contributed by atoms with Gasteiger partial charge in [-0.15, -0.1) is 0 Å². The Bertz CT molecular complexity index is 876. The van der Waals surface area contributed by atoms with E-state index < -0.39 is 25.0 Å². The van der Waals surface area contributed by atoms with Gasteiger partial charge in [0.05, 0.1) is 11.8 Å². The number of nitrogens with zero attached hydrogens (tertiary/aromatic N) is 1. The number of amides is 3. The van der Waals surface area contributed by atoms with Crippen molar-refractivity contribution in [3.63, 3.8) is 0 Å². The lowest BCUT2D eigenvalue weighted by Gasteiger charge is -2.16. The van der Waals surface area contributed by atoms with Gasteiger partial charge in [-0.3, -0.25) is 24.1 Å². The van der Waals surface area contributed by atoms with Crippen LogP contribution in [0.5, 0.6) is 0 Å². The van der Waals surface area contributed by atoms with Crippen molar-refractivity contribution in [1.82, 2.24) is 4.90 Å². The molecule has 0 aromatic heterocycles. The third-order valence-corrected chi connectivity index (χ3v) is 6.00. The maximum Gasteiger partial charge on any atom is 0.326 e. The molecule has 0 unspecified atom stereocenters. The number of carbonyl (C=O) groups is 4. The Balaban J connectivity index is 1.29. The number of anilines is 1. The molecule has 1 saturated heterocycles. The molecule has 2 bridgehead atoms. The topological polar surface area (TPSA) is 92.8 Å². The third-order valence-electron chi connectivity index (χ3n) is 6.00. The second-order valence-corrected chi connectivity index (χ2v) is 7.77. The molecule has 3 amide bonds. The first-order valence-corrected chi connectivity index (χ1v) is 9.41. The first-order valence-electron chi connectivity index (χ1n) is 9.41. The van der Waals surface area contributed by atoms with E-state index in [1.165, 1.54) is 0 Å². The van der Waals surface area contributed by atoms with Crippen LogP contribution in [0.1, 0.15) is 17.5 Å². The second kappa shape index (κ2) is 6.89. The summed E-state index contributed by atoms with van der Waals surface area (Å²) in [6.07, 6.45) is 4.83. The van der Waals surface area contributed by atoms with Gasteiger partial charge in [-0.2, -0.15) is 0 Å². The highest BCUT2D eigenvalue weighted by Gasteiger charge is 2.59. The number of esters is 1. The molecule has 2 fully saturated rings. The smallest absolute Gasteiger partial charge is 0.326 e. The Morgan fingerprint density at radius 3 is 2.32 bits per heavy atom. The number of nitrogens with one attached hydrogen (secondary N) is 1. The summed E-state index contributed by atoms with van der Waals surface area (Å²) in [7, 11) is 0. The number of aryl methyl sites for hydroxylation is 2. The monoisotopic (exact) mass is 382 g/mol. The van der Waals surface area contributed by atoms with E-state index in [0.29, 0.717) is 5.69 Å². The molecule has 1 heterocycles. The number of carbonyl (C=O) groups excluding carboxylic acids is 4. The Morgan fingerprint density at radius 1 is 1.07 bits per heavy atom. The molecule has 1 saturated carbocycles. The molecule has 1 N–H and O–H groups in total. The molecule has 0 spiro atoms. The van der Waals surface area contributed by atoms with Crippen LogP contribution in [0, 0.1) is 37.5 Å². The van der Waals surface area contributed by atoms with Gasteiger partial charge in [-0.05, 0) is 55.4 Å². The zero-order valence-corrected chi connectivity index (χ0v) is 15.8. The van der Waals surface area contributed by atoms with E-state index in [9.17, 15) is 19.2 Å². The van der Waals surface area contributed by atoms with Gasteiger partial charge in [0.25, 0.3) is 5.91 Å². The van der Waals surface area contributed by atoms with Crippen molar-refractivity contribution in [3.05, 3.63) is 41.5 Å². The zero-order valence-electron chi connectivity index (χ0n) is 15.8. The van der Waals surface area contributed by atoms with E-state index in [-0.39, 0.29) is 35.5 Å². The van der Waals surface area contributed by atoms with E-state index in [0.717, 1.165) is 22.4 Å². The lowest BCUT2D eigenvalue weighted by Crippen LogP contribution is -2.38. The van der Waals surface area contributed by atoms with E-state index >= 15 is 0 Å². The number of hydrogen-bond donors (Lipinski definition) is 1. The summed E-state index contributed by atoms with van der Waals surface area (Å²) in [6.45, 7) is 2.99. The molecule has 7 nitrogen and oxygen atoms in total. The summed E-state index contributed by atoms with van der Waals surface area (Å²) in [5.41, 5.74) is 2.76. The Labute approximate surface area is 162 Å². The van der Waals surface area contributed by atoms with Crippen LogP contribution in [0.3, 0.4) is 0 Å². The molecule has 2 aliphatic carbocycles. The minimum atomic E-state index is -0.766. The van der Waals surface area contributed by atoms with Crippen molar-refractivity contribution in [2.75, 3.05) is 18.5 Å². The summed E-state index contributed by atoms with van der Waals surface area (Å²) in [4.78, 5) is 50.2. The Morgan fingerprint density at radius 2 is 1.71 bits per heavy atom. The van der Waals surface area contributed by atoms with Crippen molar-refractivity contribution in [1.29, 1.82) is 0 Å². The molecule has 1 aromatic carbocycles. The minimum absolute atomic E-state index is 0.0937. The van der Waals surface area contributed by atoms with Gasteiger partial charge in [-0.25, -0.2) is 0 Å².